The van der Waals surface area contributed by atoms with Crippen molar-refractivity contribution in [2.24, 2.45) is 0 Å². The fourth-order valence-corrected chi connectivity index (χ4v) is 9.10. The second kappa shape index (κ2) is 17.5. The summed E-state index contributed by atoms with van der Waals surface area (Å²) in [5.74, 6) is 2.02. The molecule has 0 radical (unpaired) electrons. The van der Waals surface area contributed by atoms with Gasteiger partial charge in [-0.15, -0.1) is 29.8 Å². The molecule has 66 heavy (non-hydrogen) atoms. The van der Waals surface area contributed by atoms with Crippen LogP contribution in [0.4, 0.5) is 0 Å². The van der Waals surface area contributed by atoms with Crippen LogP contribution in [0.2, 0.25) is 0 Å². The van der Waals surface area contributed by atoms with Crippen LogP contribution in [0.5, 0.6) is 11.5 Å². The number of rotatable bonds is 10. The summed E-state index contributed by atoms with van der Waals surface area (Å²) in [6, 6.07) is 67.1. The molecule has 0 aliphatic carbocycles. The smallest absolute Gasteiger partial charge is 0.267 e. The maximum atomic E-state index is 6.78. The minimum atomic E-state index is -0.238. The summed E-state index contributed by atoms with van der Waals surface area (Å²) in [5, 5.41) is 2.30. The van der Waals surface area contributed by atoms with Gasteiger partial charge in [-0.2, -0.15) is 12.1 Å². The Morgan fingerprint density at radius 2 is 1.21 bits per heavy atom. The van der Waals surface area contributed by atoms with Gasteiger partial charge >= 0.3 is 0 Å². The van der Waals surface area contributed by atoms with Crippen LogP contribution in [0.25, 0.3) is 50.1 Å². The molecule has 0 N–H and O–H groups in total. The summed E-state index contributed by atoms with van der Waals surface area (Å²) in [6.45, 7) is 15.9. The van der Waals surface area contributed by atoms with E-state index in [9.17, 15) is 0 Å². The van der Waals surface area contributed by atoms with Crippen LogP contribution in [-0.2, 0) is 37.3 Å². The van der Waals surface area contributed by atoms with Crippen molar-refractivity contribution in [3.05, 3.63) is 235 Å². The topological polar surface area (TPSA) is 35.9 Å². The predicted molar refractivity (Wildman–Crippen MR) is 264 cm³/mol. The summed E-state index contributed by atoms with van der Waals surface area (Å²) in [6.07, 6.45) is 9.57. The normalized spacial score (nSPS) is 12.0. The number of nitrogens with zero attached hydrogens (tertiary/aromatic N) is 4. The first-order chi connectivity index (χ1) is 31.3. The predicted octanol–water partition coefficient (Wildman–Crippen LogP) is 14.1. The molecule has 0 aliphatic heterocycles. The molecule has 330 valence electrons. The maximum absolute atomic E-state index is 6.78. The van der Waals surface area contributed by atoms with Gasteiger partial charge in [0.2, 0.25) is 0 Å². The molecule has 3 heterocycles. The van der Waals surface area contributed by atoms with Gasteiger partial charge in [0.1, 0.15) is 5.82 Å². The van der Waals surface area contributed by atoms with E-state index < -0.39 is 0 Å². The van der Waals surface area contributed by atoms with E-state index in [0.29, 0.717) is 11.5 Å². The van der Waals surface area contributed by atoms with Gasteiger partial charge in [0, 0.05) is 67.5 Å². The Labute approximate surface area is 403 Å². The molecule has 6 heteroatoms. The number of benzene rings is 7. The van der Waals surface area contributed by atoms with Crippen LogP contribution >= 0.6 is 0 Å². The van der Waals surface area contributed by atoms with E-state index in [1.54, 1.807) is 0 Å². The van der Waals surface area contributed by atoms with Crippen molar-refractivity contribution in [1.82, 2.24) is 14.1 Å². The van der Waals surface area contributed by atoms with Gasteiger partial charge in [-0.05, 0) is 80.2 Å². The zero-order valence-corrected chi connectivity index (χ0v) is 40.7. The van der Waals surface area contributed by atoms with E-state index in [2.05, 4.69) is 228 Å². The summed E-state index contributed by atoms with van der Waals surface area (Å²) in [4.78, 5) is 5.00. The fraction of sp³-hybridized carbons (Fsp3) is 0.167. The molecular formula is C60H52N4OPt-2. The van der Waals surface area contributed by atoms with Gasteiger partial charge in [0.15, 0.2) is 0 Å². The van der Waals surface area contributed by atoms with E-state index >= 15 is 0 Å². The first-order valence-electron chi connectivity index (χ1n) is 22.4. The summed E-state index contributed by atoms with van der Waals surface area (Å²) < 4.78 is 13.0. The van der Waals surface area contributed by atoms with Crippen LogP contribution < -0.4 is 9.30 Å². The first kappa shape index (κ1) is 44.4. The quantitative estimate of drug-likeness (QED) is 0.101. The van der Waals surface area contributed by atoms with Crippen molar-refractivity contribution < 1.29 is 30.4 Å². The largest absolute Gasteiger partial charge is 0.510 e. The molecule has 0 bridgehead atoms. The summed E-state index contributed by atoms with van der Waals surface area (Å²) in [7, 11) is 0. The van der Waals surface area contributed by atoms with Crippen LogP contribution in [0.3, 0.4) is 0 Å². The number of imidazole rings is 1. The number of aromatic nitrogens is 4. The van der Waals surface area contributed by atoms with E-state index in [1.165, 1.54) is 33.4 Å². The molecule has 0 atom stereocenters. The molecule has 0 aliphatic rings. The molecule has 0 spiro atoms. The summed E-state index contributed by atoms with van der Waals surface area (Å²) >= 11 is 0. The Hall–Kier alpha value is -6.81. The number of ether oxygens (including phenoxy) is 1. The third-order valence-electron chi connectivity index (χ3n) is 13.0. The molecule has 0 fully saturated rings. The molecular weight excluding hydrogens is 988 g/mol. The van der Waals surface area contributed by atoms with Gasteiger partial charge < -0.3 is 13.9 Å². The van der Waals surface area contributed by atoms with Crippen molar-refractivity contribution in [2.45, 2.75) is 64.7 Å². The number of pyridine rings is 1. The standard InChI is InChI=1S/C60H52N4O.Pt/c1-58(2,3)53-39-51(40-55-57(53)52-28-17-18-29-54(52)64(55)56-37-46(30-31-61-56)59(4,5)44-22-13-9-14-23-44)65-50-27-19-26-48(38-50)62-32-33-63(41-62)49-35-43(42-20-11-8-12-21-42)34-47(36-49)60(6,7)45-24-15-10-16-25-45;/h8-37,39H,1-7H3;/q-2;. The molecule has 0 saturated heterocycles. The van der Waals surface area contributed by atoms with Gasteiger partial charge in [-0.25, -0.2) is 4.98 Å². The Morgan fingerprint density at radius 3 is 1.91 bits per heavy atom. The number of hydrogen-bond acceptors (Lipinski definition) is 2. The molecule has 0 saturated carbocycles. The Kier molecular flexibility index (Phi) is 11.8. The molecule has 10 rings (SSSR count). The zero-order chi connectivity index (χ0) is 44.9. The average molecular weight is 1040 g/mol. The molecule has 3 aromatic heterocycles. The average Bonchev–Trinajstić information content (AvgIpc) is 3.96. The molecule has 5 nitrogen and oxygen atoms in total. The number of para-hydroxylation sites is 1. The maximum Gasteiger partial charge on any atom is 0.267 e. The minimum absolute atomic E-state index is 0. The van der Waals surface area contributed by atoms with Crippen molar-refractivity contribution in [2.75, 3.05) is 0 Å². The molecule has 0 amide bonds. The first-order valence-corrected chi connectivity index (χ1v) is 22.4. The summed E-state index contributed by atoms with van der Waals surface area (Å²) in [5.41, 5.74) is 11.5. The van der Waals surface area contributed by atoms with Gasteiger partial charge in [0.25, 0.3) is 6.33 Å². The van der Waals surface area contributed by atoms with Crippen molar-refractivity contribution in [3.8, 4) is 39.8 Å². The van der Waals surface area contributed by atoms with E-state index in [1.807, 2.05) is 41.4 Å². The Morgan fingerprint density at radius 1 is 0.561 bits per heavy atom. The van der Waals surface area contributed by atoms with Gasteiger partial charge in [-0.1, -0.05) is 175 Å². The van der Waals surface area contributed by atoms with E-state index in [0.717, 1.165) is 44.6 Å². The second-order valence-corrected chi connectivity index (χ2v) is 19.0. The SMILES string of the molecule is CC(C)(C)c1cc(Oc2[c-]c(-n3[c-][n+](-c4cc(-c5ccccc5)cc(C(C)(C)c5ccccc5)c4)cc3)ccc2)[c-]c2c1c1ccccc1n2-c1cc(C(C)(C)c2ccccc2)ccn1.[Pt]. The van der Waals surface area contributed by atoms with Crippen LogP contribution in [0, 0.1) is 18.5 Å². The third-order valence-corrected chi connectivity index (χ3v) is 13.0. The third kappa shape index (κ3) is 8.33. The van der Waals surface area contributed by atoms with Crippen molar-refractivity contribution in [3.63, 3.8) is 0 Å². The molecule has 7 aromatic carbocycles. The minimum Gasteiger partial charge on any atom is -0.510 e. The number of hydrogen-bond donors (Lipinski definition) is 0. The van der Waals surface area contributed by atoms with Gasteiger partial charge in [-0.3, -0.25) is 4.57 Å². The van der Waals surface area contributed by atoms with Crippen LogP contribution in [-0.4, -0.2) is 14.1 Å². The Balaban J connectivity index is 0.00000548. The fourth-order valence-electron chi connectivity index (χ4n) is 9.10. The molecule has 10 aromatic rings. The van der Waals surface area contributed by atoms with Crippen LogP contribution in [0.15, 0.2) is 188 Å². The monoisotopic (exact) mass is 1040 g/mol. The Bertz CT molecular complexity index is 3320. The second-order valence-electron chi connectivity index (χ2n) is 19.0. The van der Waals surface area contributed by atoms with Gasteiger partial charge in [0.05, 0.1) is 5.69 Å². The van der Waals surface area contributed by atoms with E-state index in [-0.39, 0.29) is 37.3 Å². The van der Waals surface area contributed by atoms with Crippen LogP contribution in [0.1, 0.15) is 76.3 Å². The van der Waals surface area contributed by atoms with E-state index in [4.69, 9.17) is 9.72 Å². The van der Waals surface area contributed by atoms with Crippen molar-refractivity contribution in [1.29, 1.82) is 0 Å². The zero-order valence-electron chi connectivity index (χ0n) is 38.4. The number of fused-ring (bicyclic) bond motifs is 3. The van der Waals surface area contributed by atoms with Crippen molar-refractivity contribution >= 4 is 21.8 Å². The molecule has 0 unspecified atom stereocenters.